The molecule has 2 aromatic carbocycles. The predicted octanol–water partition coefficient (Wildman–Crippen LogP) is 3.43. The van der Waals surface area contributed by atoms with E-state index in [2.05, 4.69) is 6.92 Å². The summed E-state index contributed by atoms with van der Waals surface area (Å²) in [4.78, 5) is 24.2. The Morgan fingerprint density at radius 1 is 1.14 bits per heavy atom. The van der Waals surface area contributed by atoms with E-state index in [4.69, 9.17) is 0 Å². The maximum Gasteiger partial charge on any atom is 0.270 e. The van der Waals surface area contributed by atoms with Crippen molar-refractivity contribution < 1.29 is 9.72 Å². The molecule has 0 unspecified atom stereocenters. The van der Waals surface area contributed by atoms with Crippen molar-refractivity contribution in [2.75, 3.05) is 7.05 Å². The van der Waals surface area contributed by atoms with Crippen molar-refractivity contribution in [1.82, 2.24) is 4.90 Å². The number of hydrogen-bond acceptors (Lipinski definition) is 3. The highest BCUT2D eigenvalue weighted by Crippen LogP contribution is 2.15. The lowest BCUT2D eigenvalue weighted by atomic mass is 10.1. The monoisotopic (exact) mass is 298 g/mol. The van der Waals surface area contributed by atoms with Crippen molar-refractivity contribution >= 4 is 11.6 Å². The maximum atomic E-state index is 12.4. The lowest BCUT2D eigenvalue weighted by molar-refractivity contribution is -0.384. The van der Waals surface area contributed by atoms with E-state index in [0.717, 1.165) is 12.0 Å². The summed E-state index contributed by atoms with van der Waals surface area (Å²) in [5, 5.41) is 10.8. The number of benzene rings is 2. The van der Waals surface area contributed by atoms with E-state index < -0.39 is 4.92 Å². The first-order valence-electron chi connectivity index (χ1n) is 7.09. The highest BCUT2D eigenvalue weighted by molar-refractivity contribution is 5.94. The predicted molar refractivity (Wildman–Crippen MR) is 84.7 cm³/mol. The first kappa shape index (κ1) is 15.7. The number of nitro benzene ring substituents is 1. The Morgan fingerprint density at radius 3 is 2.36 bits per heavy atom. The van der Waals surface area contributed by atoms with E-state index in [1.54, 1.807) is 18.0 Å². The van der Waals surface area contributed by atoms with Gasteiger partial charge in [-0.2, -0.15) is 0 Å². The third-order valence-corrected chi connectivity index (χ3v) is 3.50. The van der Waals surface area contributed by atoms with Gasteiger partial charge in [0.15, 0.2) is 0 Å². The first-order chi connectivity index (χ1) is 10.5. The van der Waals surface area contributed by atoms with Crippen LogP contribution >= 0.6 is 0 Å². The lowest BCUT2D eigenvalue weighted by Gasteiger charge is -2.17. The van der Waals surface area contributed by atoms with Gasteiger partial charge in [-0.15, -0.1) is 0 Å². The summed E-state index contributed by atoms with van der Waals surface area (Å²) in [7, 11) is 1.69. The fourth-order valence-corrected chi connectivity index (χ4v) is 2.20. The number of amides is 1. The smallest absolute Gasteiger partial charge is 0.270 e. The van der Waals surface area contributed by atoms with Crippen LogP contribution in [0.3, 0.4) is 0 Å². The number of nitrogens with zero attached hydrogens (tertiary/aromatic N) is 2. The molecule has 0 radical (unpaired) electrons. The van der Waals surface area contributed by atoms with Crippen LogP contribution < -0.4 is 0 Å². The molecule has 0 aliphatic rings. The second-order valence-corrected chi connectivity index (χ2v) is 5.14. The van der Waals surface area contributed by atoms with Crippen LogP contribution in [-0.4, -0.2) is 22.8 Å². The van der Waals surface area contributed by atoms with Crippen molar-refractivity contribution in [3.63, 3.8) is 0 Å². The van der Waals surface area contributed by atoms with Gasteiger partial charge in [-0.25, -0.2) is 0 Å². The minimum Gasteiger partial charge on any atom is -0.337 e. The zero-order chi connectivity index (χ0) is 16.1. The van der Waals surface area contributed by atoms with Gasteiger partial charge in [0.1, 0.15) is 0 Å². The van der Waals surface area contributed by atoms with E-state index in [9.17, 15) is 14.9 Å². The number of rotatable bonds is 5. The molecule has 0 heterocycles. The molecule has 1 amide bonds. The number of carbonyl (C=O) groups excluding carboxylic acids is 1. The molecule has 5 heteroatoms. The van der Waals surface area contributed by atoms with Crippen molar-refractivity contribution in [2.45, 2.75) is 19.9 Å². The molecule has 0 saturated carbocycles. The zero-order valence-corrected chi connectivity index (χ0v) is 12.7. The van der Waals surface area contributed by atoms with Gasteiger partial charge >= 0.3 is 0 Å². The molecule has 0 bridgehead atoms. The van der Waals surface area contributed by atoms with E-state index in [0.29, 0.717) is 12.1 Å². The molecule has 0 aromatic heterocycles. The number of aryl methyl sites for hydroxylation is 1. The summed E-state index contributed by atoms with van der Waals surface area (Å²) in [5.41, 5.74) is 2.52. The molecule has 0 spiro atoms. The molecule has 22 heavy (non-hydrogen) atoms. The summed E-state index contributed by atoms with van der Waals surface area (Å²) in [6.45, 7) is 2.55. The second kappa shape index (κ2) is 6.85. The minimum absolute atomic E-state index is 0.0773. The summed E-state index contributed by atoms with van der Waals surface area (Å²) in [5.74, 6) is -0.233. The molecular weight excluding hydrogens is 280 g/mol. The Hall–Kier alpha value is -2.69. The lowest BCUT2D eigenvalue weighted by Crippen LogP contribution is -2.26. The number of carbonyl (C=O) groups is 1. The average molecular weight is 298 g/mol. The Bertz CT molecular complexity index is 681. The van der Waals surface area contributed by atoms with Crippen molar-refractivity contribution in [1.29, 1.82) is 0 Å². The minimum atomic E-state index is -0.500. The molecule has 2 rings (SSSR count). The van der Waals surface area contributed by atoms with Crippen molar-refractivity contribution in [3.05, 3.63) is 75.3 Å². The maximum absolute atomic E-state index is 12.4. The van der Waals surface area contributed by atoms with Crippen LogP contribution in [0.5, 0.6) is 0 Å². The normalized spacial score (nSPS) is 10.3. The van der Waals surface area contributed by atoms with Gasteiger partial charge in [-0.05, 0) is 23.6 Å². The molecule has 0 N–H and O–H groups in total. The Morgan fingerprint density at radius 2 is 1.77 bits per heavy atom. The van der Waals surface area contributed by atoms with Crippen LogP contribution in [0.1, 0.15) is 28.4 Å². The van der Waals surface area contributed by atoms with Gasteiger partial charge in [-0.3, -0.25) is 14.9 Å². The van der Waals surface area contributed by atoms with Gasteiger partial charge in [0.2, 0.25) is 0 Å². The molecule has 2 aromatic rings. The highest BCUT2D eigenvalue weighted by Gasteiger charge is 2.15. The molecule has 0 aliphatic heterocycles. The summed E-state index contributed by atoms with van der Waals surface area (Å²) in [6, 6.07) is 13.9. The zero-order valence-electron chi connectivity index (χ0n) is 12.7. The van der Waals surface area contributed by atoms with Crippen LogP contribution in [0.2, 0.25) is 0 Å². The molecule has 0 aliphatic carbocycles. The molecular formula is C17H18N2O3. The molecule has 114 valence electrons. The van der Waals surface area contributed by atoms with E-state index in [-0.39, 0.29) is 11.6 Å². The Labute approximate surface area is 129 Å². The fraction of sp³-hybridized carbons (Fsp3) is 0.235. The first-order valence-corrected chi connectivity index (χ1v) is 7.09. The molecule has 0 atom stereocenters. The van der Waals surface area contributed by atoms with Crippen LogP contribution in [0.15, 0.2) is 48.5 Å². The van der Waals surface area contributed by atoms with Crippen molar-refractivity contribution in [2.24, 2.45) is 0 Å². The fourth-order valence-electron chi connectivity index (χ4n) is 2.20. The number of non-ortho nitro benzene ring substituents is 1. The van der Waals surface area contributed by atoms with Crippen LogP contribution in [0.25, 0.3) is 0 Å². The standard InChI is InChI=1S/C17H18N2O3/c1-3-13-7-9-14(10-8-13)12-18(2)17(20)15-5-4-6-16(11-15)19(21)22/h4-11H,3,12H2,1-2H3. The summed E-state index contributed by atoms with van der Waals surface area (Å²) in [6.07, 6.45) is 0.975. The van der Waals surface area contributed by atoms with Crippen LogP contribution in [-0.2, 0) is 13.0 Å². The third kappa shape index (κ3) is 3.69. The number of nitro groups is 1. The van der Waals surface area contributed by atoms with Crippen LogP contribution in [0, 0.1) is 10.1 Å². The van der Waals surface area contributed by atoms with Gasteiger partial charge < -0.3 is 4.90 Å². The SMILES string of the molecule is CCc1ccc(CN(C)C(=O)c2cccc([N+](=O)[O-])c2)cc1. The highest BCUT2D eigenvalue weighted by atomic mass is 16.6. The number of hydrogen-bond donors (Lipinski definition) is 0. The van der Waals surface area contributed by atoms with E-state index >= 15 is 0 Å². The Balaban J connectivity index is 2.11. The molecule has 5 nitrogen and oxygen atoms in total. The summed E-state index contributed by atoms with van der Waals surface area (Å²) < 4.78 is 0. The van der Waals surface area contributed by atoms with Gasteiger partial charge in [0.05, 0.1) is 4.92 Å². The average Bonchev–Trinajstić information content (AvgIpc) is 2.54. The van der Waals surface area contributed by atoms with Gasteiger partial charge in [0.25, 0.3) is 11.6 Å². The van der Waals surface area contributed by atoms with E-state index in [1.807, 2.05) is 24.3 Å². The van der Waals surface area contributed by atoms with Crippen molar-refractivity contribution in [3.8, 4) is 0 Å². The van der Waals surface area contributed by atoms with Gasteiger partial charge in [0, 0.05) is 31.3 Å². The largest absolute Gasteiger partial charge is 0.337 e. The van der Waals surface area contributed by atoms with Crippen LogP contribution in [0.4, 0.5) is 5.69 Å². The summed E-state index contributed by atoms with van der Waals surface area (Å²) >= 11 is 0. The molecule has 0 fully saturated rings. The second-order valence-electron chi connectivity index (χ2n) is 5.14. The van der Waals surface area contributed by atoms with Gasteiger partial charge in [-0.1, -0.05) is 37.3 Å². The third-order valence-electron chi connectivity index (χ3n) is 3.50. The molecule has 0 saturated heterocycles. The van der Waals surface area contributed by atoms with E-state index in [1.165, 1.54) is 23.8 Å². The topological polar surface area (TPSA) is 63.5 Å². The Kier molecular flexibility index (Phi) is 4.88. The quantitative estimate of drug-likeness (QED) is 0.627.